The second-order valence-electron chi connectivity index (χ2n) is 4.63. The second-order valence-corrected chi connectivity index (χ2v) is 4.63. The lowest BCUT2D eigenvalue weighted by molar-refractivity contribution is -0.123. The maximum atomic E-state index is 11.4. The highest BCUT2D eigenvalue weighted by Crippen LogP contribution is 2.55. The maximum Gasteiger partial charge on any atom is 0.136 e. The molecule has 1 heterocycles. The molecule has 3 unspecified atom stereocenters. The number of rotatable bonds is 0. The van der Waals surface area contributed by atoms with Gasteiger partial charge in [0.05, 0.1) is 12.2 Å². The van der Waals surface area contributed by atoms with Crippen molar-refractivity contribution in [2.75, 3.05) is 0 Å². The SMILES string of the molecule is O=C1CC2CC3(CCCC3O2)C1. The Morgan fingerprint density at radius 2 is 2.42 bits per heavy atom. The van der Waals surface area contributed by atoms with E-state index in [0.717, 1.165) is 6.42 Å². The fraction of sp³-hybridized carbons (Fsp3) is 0.900. The highest BCUT2D eigenvalue weighted by atomic mass is 16.5. The van der Waals surface area contributed by atoms with Gasteiger partial charge in [-0.3, -0.25) is 4.79 Å². The molecule has 0 amide bonds. The van der Waals surface area contributed by atoms with Gasteiger partial charge in [-0.15, -0.1) is 0 Å². The molecule has 0 aromatic carbocycles. The fourth-order valence-corrected chi connectivity index (χ4v) is 3.40. The summed E-state index contributed by atoms with van der Waals surface area (Å²) in [5.41, 5.74) is 0.306. The van der Waals surface area contributed by atoms with E-state index in [9.17, 15) is 4.79 Å². The lowest BCUT2D eigenvalue weighted by atomic mass is 9.72. The van der Waals surface area contributed by atoms with Gasteiger partial charge in [0.25, 0.3) is 0 Å². The van der Waals surface area contributed by atoms with Gasteiger partial charge in [-0.05, 0) is 19.3 Å². The minimum Gasteiger partial charge on any atom is -0.374 e. The van der Waals surface area contributed by atoms with Crippen molar-refractivity contribution in [2.24, 2.45) is 5.41 Å². The Hall–Kier alpha value is -0.370. The molecule has 3 aliphatic rings. The van der Waals surface area contributed by atoms with Gasteiger partial charge in [0.2, 0.25) is 0 Å². The fourth-order valence-electron chi connectivity index (χ4n) is 3.40. The lowest BCUT2D eigenvalue weighted by Gasteiger charge is -2.28. The third-order valence-electron chi connectivity index (χ3n) is 3.82. The number of hydrogen-bond acceptors (Lipinski definition) is 2. The summed E-state index contributed by atoms with van der Waals surface area (Å²) >= 11 is 0. The molecule has 2 heteroatoms. The van der Waals surface area contributed by atoms with Crippen LogP contribution in [0.3, 0.4) is 0 Å². The van der Waals surface area contributed by atoms with Crippen LogP contribution >= 0.6 is 0 Å². The van der Waals surface area contributed by atoms with Crippen LogP contribution in [0.4, 0.5) is 0 Å². The molecule has 1 saturated heterocycles. The van der Waals surface area contributed by atoms with Crippen LogP contribution in [0.5, 0.6) is 0 Å². The predicted octanol–water partition coefficient (Wildman–Crippen LogP) is 1.68. The number of carbonyl (C=O) groups excluding carboxylic acids is 1. The Labute approximate surface area is 72.3 Å². The van der Waals surface area contributed by atoms with Crippen molar-refractivity contribution in [3.63, 3.8) is 0 Å². The van der Waals surface area contributed by atoms with E-state index in [2.05, 4.69) is 0 Å². The number of carbonyl (C=O) groups is 1. The van der Waals surface area contributed by atoms with Crippen LogP contribution in [-0.4, -0.2) is 18.0 Å². The number of ether oxygens (including phenoxy) is 1. The Kier molecular flexibility index (Phi) is 1.24. The first-order chi connectivity index (χ1) is 5.78. The van der Waals surface area contributed by atoms with E-state index in [1.807, 2.05) is 0 Å². The zero-order chi connectivity index (χ0) is 8.18. The van der Waals surface area contributed by atoms with E-state index in [4.69, 9.17) is 4.74 Å². The molecule has 12 heavy (non-hydrogen) atoms. The monoisotopic (exact) mass is 166 g/mol. The molecule has 1 spiro atoms. The molecular formula is C10H14O2. The Bertz CT molecular complexity index is 236. The van der Waals surface area contributed by atoms with E-state index in [0.29, 0.717) is 23.7 Å². The van der Waals surface area contributed by atoms with E-state index in [-0.39, 0.29) is 6.10 Å². The van der Waals surface area contributed by atoms with Gasteiger partial charge in [0.1, 0.15) is 5.78 Å². The van der Waals surface area contributed by atoms with Gasteiger partial charge in [-0.25, -0.2) is 0 Å². The van der Waals surface area contributed by atoms with E-state index in [1.54, 1.807) is 0 Å². The highest BCUT2D eigenvalue weighted by Gasteiger charge is 2.54. The number of hydrogen-bond donors (Lipinski definition) is 0. The summed E-state index contributed by atoms with van der Waals surface area (Å²) in [7, 11) is 0. The van der Waals surface area contributed by atoms with Crippen molar-refractivity contribution in [3.8, 4) is 0 Å². The molecule has 2 bridgehead atoms. The van der Waals surface area contributed by atoms with Crippen LogP contribution in [0, 0.1) is 5.41 Å². The van der Waals surface area contributed by atoms with E-state index in [1.165, 1.54) is 25.7 Å². The van der Waals surface area contributed by atoms with E-state index >= 15 is 0 Å². The molecule has 0 radical (unpaired) electrons. The largest absolute Gasteiger partial charge is 0.374 e. The molecule has 1 aliphatic heterocycles. The van der Waals surface area contributed by atoms with E-state index < -0.39 is 0 Å². The zero-order valence-electron chi connectivity index (χ0n) is 7.21. The van der Waals surface area contributed by atoms with Crippen molar-refractivity contribution in [1.29, 1.82) is 0 Å². The quantitative estimate of drug-likeness (QED) is 0.547. The first kappa shape index (κ1) is 7.07. The molecule has 2 nitrogen and oxygen atoms in total. The van der Waals surface area contributed by atoms with Gasteiger partial charge in [0.15, 0.2) is 0 Å². The Morgan fingerprint density at radius 3 is 3.33 bits per heavy atom. The van der Waals surface area contributed by atoms with Crippen LogP contribution in [0.2, 0.25) is 0 Å². The van der Waals surface area contributed by atoms with Crippen molar-refractivity contribution >= 4 is 5.78 Å². The summed E-state index contributed by atoms with van der Waals surface area (Å²) in [6.45, 7) is 0. The van der Waals surface area contributed by atoms with Crippen LogP contribution in [-0.2, 0) is 9.53 Å². The van der Waals surface area contributed by atoms with Crippen molar-refractivity contribution in [1.82, 2.24) is 0 Å². The third kappa shape index (κ3) is 0.764. The van der Waals surface area contributed by atoms with Crippen molar-refractivity contribution in [2.45, 2.75) is 50.7 Å². The summed E-state index contributed by atoms with van der Waals surface area (Å²) in [5, 5.41) is 0. The highest BCUT2D eigenvalue weighted by molar-refractivity contribution is 5.81. The second kappa shape index (κ2) is 2.11. The molecular weight excluding hydrogens is 152 g/mol. The summed E-state index contributed by atoms with van der Waals surface area (Å²) in [6.07, 6.45) is 7.11. The molecule has 3 fully saturated rings. The zero-order valence-corrected chi connectivity index (χ0v) is 7.21. The van der Waals surface area contributed by atoms with Gasteiger partial charge >= 0.3 is 0 Å². The molecule has 0 N–H and O–H groups in total. The smallest absolute Gasteiger partial charge is 0.136 e. The van der Waals surface area contributed by atoms with Crippen molar-refractivity contribution in [3.05, 3.63) is 0 Å². The average Bonchev–Trinajstić information content (AvgIpc) is 2.40. The molecule has 2 aliphatic carbocycles. The summed E-state index contributed by atoms with van der Waals surface area (Å²) in [4.78, 5) is 11.4. The normalized spacial score (nSPS) is 51.2. The summed E-state index contributed by atoms with van der Waals surface area (Å²) < 4.78 is 5.85. The summed E-state index contributed by atoms with van der Waals surface area (Å²) in [5.74, 6) is 0.440. The van der Waals surface area contributed by atoms with Crippen LogP contribution in [0.1, 0.15) is 38.5 Å². The average molecular weight is 166 g/mol. The molecule has 66 valence electrons. The lowest BCUT2D eigenvalue weighted by Crippen LogP contribution is -2.30. The summed E-state index contributed by atoms with van der Waals surface area (Å²) in [6, 6.07) is 0. The van der Waals surface area contributed by atoms with Crippen LogP contribution in [0.25, 0.3) is 0 Å². The van der Waals surface area contributed by atoms with Gasteiger partial charge in [-0.2, -0.15) is 0 Å². The standard InChI is InChI=1S/C10H14O2/c11-7-4-8-6-10(5-7)3-1-2-9(10)12-8/h8-9H,1-6H2. The van der Waals surface area contributed by atoms with Gasteiger partial charge in [0, 0.05) is 18.3 Å². The Balaban J connectivity index is 1.96. The number of fused-ring (bicyclic) bond motifs is 1. The molecule has 3 rings (SSSR count). The van der Waals surface area contributed by atoms with Crippen LogP contribution in [0.15, 0.2) is 0 Å². The first-order valence-corrected chi connectivity index (χ1v) is 4.96. The minimum absolute atomic E-state index is 0.288. The minimum atomic E-state index is 0.288. The molecule has 0 aromatic heterocycles. The maximum absolute atomic E-state index is 11.4. The molecule has 0 aromatic rings. The number of ketones is 1. The first-order valence-electron chi connectivity index (χ1n) is 4.96. The van der Waals surface area contributed by atoms with Gasteiger partial charge in [-0.1, -0.05) is 6.42 Å². The molecule has 2 saturated carbocycles. The Morgan fingerprint density at radius 1 is 1.50 bits per heavy atom. The van der Waals surface area contributed by atoms with Gasteiger partial charge < -0.3 is 4.74 Å². The number of Topliss-reactive ketones (excluding diaryl/α,β-unsaturated/α-hetero) is 1. The third-order valence-corrected chi connectivity index (χ3v) is 3.82. The van der Waals surface area contributed by atoms with Crippen molar-refractivity contribution < 1.29 is 9.53 Å². The predicted molar refractivity (Wildman–Crippen MR) is 43.8 cm³/mol. The topological polar surface area (TPSA) is 26.3 Å². The van der Waals surface area contributed by atoms with Crippen LogP contribution < -0.4 is 0 Å². The molecule has 3 atom stereocenters.